The first kappa shape index (κ1) is 36.1. The number of hydrogen-bond donors (Lipinski definition) is 0. The maximum atomic E-state index is 12.2. The third kappa shape index (κ3) is 10.4. The van der Waals surface area contributed by atoms with E-state index in [0.717, 1.165) is 12.2 Å². The van der Waals surface area contributed by atoms with Crippen LogP contribution in [0, 0.1) is 0 Å². The summed E-state index contributed by atoms with van der Waals surface area (Å²) < 4.78 is 2.58. The lowest BCUT2D eigenvalue weighted by Crippen LogP contribution is -2.28. The highest BCUT2D eigenvalue weighted by Crippen LogP contribution is 2.44. The normalized spacial score (nSPS) is 14.3. The molecule has 1 heterocycles. The fourth-order valence-corrected chi connectivity index (χ4v) is 7.11. The quantitative estimate of drug-likeness (QED) is 0.0691. The van der Waals surface area contributed by atoms with Gasteiger partial charge in [-0.2, -0.15) is 4.58 Å². The van der Waals surface area contributed by atoms with E-state index < -0.39 is 0 Å². The van der Waals surface area contributed by atoms with Crippen molar-refractivity contribution >= 4 is 33.8 Å². The lowest BCUT2D eigenvalue weighted by Gasteiger charge is -2.17. The summed E-state index contributed by atoms with van der Waals surface area (Å²) in [6, 6.07) is 23.2. The van der Waals surface area contributed by atoms with E-state index in [1.807, 2.05) is 48.7 Å². The predicted octanol–water partition coefficient (Wildman–Crippen LogP) is 12.4. The van der Waals surface area contributed by atoms with Crippen LogP contribution in [0.3, 0.4) is 0 Å². The molecule has 1 aliphatic rings. The van der Waals surface area contributed by atoms with E-state index in [-0.39, 0.29) is 11.3 Å². The summed E-state index contributed by atoms with van der Waals surface area (Å²) in [6.07, 6.45) is 31.5. The summed E-state index contributed by atoms with van der Waals surface area (Å²) in [4.78, 5) is 13.9. The van der Waals surface area contributed by atoms with E-state index >= 15 is 0 Å². The van der Waals surface area contributed by atoms with E-state index in [1.165, 1.54) is 118 Å². The third-order valence-corrected chi connectivity index (χ3v) is 9.69. The zero-order valence-electron chi connectivity index (χ0n) is 29.7. The summed E-state index contributed by atoms with van der Waals surface area (Å²) in [5.74, 6) is -0.0104. The van der Waals surface area contributed by atoms with E-state index in [2.05, 4.69) is 80.0 Å². The first-order valence-electron chi connectivity index (χ1n) is 18.5. The second kappa shape index (κ2) is 19.2. The minimum Gasteiger partial charge on any atom is -0.288 e. The summed E-state index contributed by atoms with van der Waals surface area (Å²) in [5.41, 5.74) is 4.90. The van der Waals surface area contributed by atoms with Crippen LogP contribution in [-0.2, 0) is 10.2 Å². The van der Waals surface area contributed by atoms with Crippen LogP contribution in [0.5, 0.6) is 0 Å². The molecule has 3 nitrogen and oxygen atoms in total. The van der Waals surface area contributed by atoms with Crippen LogP contribution in [0.25, 0.3) is 10.8 Å². The van der Waals surface area contributed by atoms with Crippen molar-refractivity contribution in [2.75, 3.05) is 11.4 Å². The van der Waals surface area contributed by atoms with Crippen LogP contribution in [0.15, 0.2) is 103 Å². The smallest absolute Gasteiger partial charge is 0.227 e. The highest BCUT2D eigenvalue weighted by atomic mass is 16.2. The van der Waals surface area contributed by atoms with Gasteiger partial charge in [-0.3, -0.25) is 9.69 Å². The van der Waals surface area contributed by atoms with Gasteiger partial charge in [0.05, 0.1) is 5.41 Å². The van der Waals surface area contributed by atoms with Gasteiger partial charge in [-0.1, -0.05) is 145 Å². The Hall–Kier alpha value is -3.72. The molecule has 1 aliphatic heterocycles. The maximum absolute atomic E-state index is 12.2. The van der Waals surface area contributed by atoms with Gasteiger partial charge in [-0.25, -0.2) is 0 Å². The standard InChI is InChI=1S/C44H59N2O/c1-5-6-7-8-9-10-11-12-13-14-15-16-18-27-36-46-41-34-33-38-28-24-25-31-40(38)43(41)44(3,4)42(46)32-23-17-19-26-35-45(37(2)47)39-29-21-20-22-30-39/h17,19-26,28-35H,5-16,18,27,36H2,1-4H3/q+1. The molecule has 0 aliphatic carbocycles. The summed E-state index contributed by atoms with van der Waals surface area (Å²) >= 11 is 0. The Morgan fingerprint density at radius 2 is 1.26 bits per heavy atom. The molecule has 0 radical (unpaired) electrons. The van der Waals surface area contributed by atoms with Gasteiger partial charge >= 0.3 is 0 Å². The molecule has 3 aromatic carbocycles. The zero-order chi connectivity index (χ0) is 33.3. The van der Waals surface area contributed by atoms with Gasteiger partial charge in [0.1, 0.15) is 6.54 Å². The molecule has 0 spiro atoms. The minimum atomic E-state index is -0.106. The number of carbonyl (C=O) groups excluding carboxylic acids is 1. The summed E-state index contributed by atoms with van der Waals surface area (Å²) in [7, 11) is 0. The predicted molar refractivity (Wildman–Crippen MR) is 204 cm³/mol. The molecule has 3 heteroatoms. The zero-order valence-corrected chi connectivity index (χ0v) is 29.7. The van der Waals surface area contributed by atoms with Crippen LogP contribution in [-0.4, -0.2) is 22.7 Å². The lowest BCUT2D eigenvalue weighted by atomic mass is 9.79. The molecule has 47 heavy (non-hydrogen) atoms. The number of para-hydroxylation sites is 1. The number of allylic oxidation sites excluding steroid dienone is 5. The fraction of sp³-hybridized carbons (Fsp3) is 0.455. The van der Waals surface area contributed by atoms with Gasteiger partial charge in [0.25, 0.3) is 0 Å². The molecule has 1 amide bonds. The number of nitrogens with zero attached hydrogens (tertiary/aromatic N) is 2. The number of anilines is 1. The number of unbranched alkanes of at least 4 members (excludes halogenated alkanes) is 13. The van der Waals surface area contributed by atoms with Crippen LogP contribution in [0.2, 0.25) is 0 Å². The number of hydrogen-bond acceptors (Lipinski definition) is 1. The molecule has 0 unspecified atom stereocenters. The molecule has 0 saturated carbocycles. The first-order valence-corrected chi connectivity index (χ1v) is 18.5. The van der Waals surface area contributed by atoms with Crippen molar-refractivity contribution in [3.8, 4) is 0 Å². The Labute approximate surface area is 285 Å². The van der Waals surface area contributed by atoms with Gasteiger partial charge in [-0.15, -0.1) is 0 Å². The second-order valence-electron chi connectivity index (χ2n) is 13.7. The van der Waals surface area contributed by atoms with Crippen molar-refractivity contribution in [2.45, 2.75) is 123 Å². The number of amides is 1. The fourth-order valence-electron chi connectivity index (χ4n) is 7.11. The summed E-state index contributed by atoms with van der Waals surface area (Å²) in [6.45, 7) is 9.67. The van der Waals surface area contributed by atoms with Gasteiger partial charge < -0.3 is 0 Å². The maximum Gasteiger partial charge on any atom is 0.227 e. The summed E-state index contributed by atoms with van der Waals surface area (Å²) in [5, 5.41) is 2.66. The number of carbonyl (C=O) groups is 1. The van der Waals surface area contributed by atoms with E-state index in [0.29, 0.717) is 0 Å². The second-order valence-corrected chi connectivity index (χ2v) is 13.7. The molecular formula is C44H59N2O+. The number of fused-ring (bicyclic) bond motifs is 3. The SMILES string of the molecule is CCCCCCCCCCCCCCCC[N+]1=C(/C=C/C=C/C=C/N(C(C)=O)c2ccccc2)C(C)(C)c2c1ccc1ccccc21. The topological polar surface area (TPSA) is 23.3 Å². The molecule has 0 atom stereocenters. The lowest BCUT2D eigenvalue weighted by molar-refractivity contribution is -0.438. The average molecular weight is 632 g/mol. The highest BCUT2D eigenvalue weighted by molar-refractivity contribution is 6.07. The third-order valence-electron chi connectivity index (χ3n) is 9.69. The van der Waals surface area contributed by atoms with Crippen LogP contribution in [0.1, 0.15) is 123 Å². The Morgan fingerprint density at radius 3 is 1.89 bits per heavy atom. The monoisotopic (exact) mass is 631 g/mol. The molecule has 0 bridgehead atoms. The molecule has 4 rings (SSSR count). The van der Waals surface area contributed by atoms with Crippen LogP contribution in [0.4, 0.5) is 11.4 Å². The van der Waals surface area contributed by atoms with E-state index in [9.17, 15) is 4.79 Å². The Bertz CT molecular complexity index is 1520. The molecular weight excluding hydrogens is 572 g/mol. The van der Waals surface area contributed by atoms with Crippen molar-refractivity contribution in [1.82, 2.24) is 0 Å². The van der Waals surface area contributed by atoms with Crippen molar-refractivity contribution in [3.05, 3.63) is 109 Å². The average Bonchev–Trinajstić information content (AvgIpc) is 3.29. The van der Waals surface area contributed by atoms with Gasteiger partial charge in [0, 0.05) is 42.9 Å². The van der Waals surface area contributed by atoms with Crippen LogP contribution >= 0.6 is 0 Å². The minimum absolute atomic E-state index is 0.0104. The van der Waals surface area contributed by atoms with Crippen LogP contribution < -0.4 is 4.90 Å². The van der Waals surface area contributed by atoms with E-state index in [1.54, 1.807) is 11.8 Å². The van der Waals surface area contributed by atoms with Gasteiger partial charge in [-0.05, 0) is 55.3 Å². The first-order chi connectivity index (χ1) is 22.9. The Kier molecular flexibility index (Phi) is 14.7. The van der Waals surface area contributed by atoms with Gasteiger partial charge in [0.15, 0.2) is 5.71 Å². The highest BCUT2D eigenvalue weighted by Gasteiger charge is 2.45. The molecule has 0 N–H and O–H groups in total. The molecule has 250 valence electrons. The Morgan fingerprint density at radius 1 is 0.681 bits per heavy atom. The molecule has 0 saturated heterocycles. The van der Waals surface area contributed by atoms with Crippen molar-refractivity contribution in [3.63, 3.8) is 0 Å². The van der Waals surface area contributed by atoms with E-state index in [4.69, 9.17) is 0 Å². The Balaban J connectivity index is 1.36. The molecule has 0 fully saturated rings. The van der Waals surface area contributed by atoms with Crippen molar-refractivity contribution < 1.29 is 9.37 Å². The largest absolute Gasteiger partial charge is 0.288 e. The van der Waals surface area contributed by atoms with Gasteiger partial charge in [0.2, 0.25) is 11.6 Å². The van der Waals surface area contributed by atoms with Crippen molar-refractivity contribution in [2.24, 2.45) is 0 Å². The molecule has 3 aromatic rings. The number of benzene rings is 3. The molecule has 0 aromatic heterocycles. The number of rotatable bonds is 20. The van der Waals surface area contributed by atoms with Crippen molar-refractivity contribution in [1.29, 1.82) is 0 Å².